The SMILES string of the molecule is CCOC(=O)c1cc(-c2ccccc2)sc1NC(=O)c1sc2ncn(Cc3ccccc3)c(=O)c2c1C. The van der Waals surface area contributed by atoms with Gasteiger partial charge in [0.25, 0.3) is 11.5 Å². The Hall–Kier alpha value is -4.08. The number of carbonyl (C=O) groups excluding carboxylic acids is 2. The second kappa shape index (κ2) is 10.5. The summed E-state index contributed by atoms with van der Waals surface area (Å²) in [7, 11) is 0. The van der Waals surface area contributed by atoms with E-state index in [1.165, 1.54) is 17.7 Å². The molecule has 2 aromatic carbocycles. The van der Waals surface area contributed by atoms with Crippen LogP contribution in [0, 0.1) is 6.92 Å². The van der Waals surface area contributed by atoms with Crippen LogP contribution in [-0.4, -0.2) is 28.0 Å². The van der Waals surface area contributed by atoms with Crippen LogP contribution in [-0.2, 0) is 11.3 Å². The smallest absolute Gasteiger partial charge is 0.341 e. The number of hydrogen-bond donors (Lipinski definition) is 1. The van der Waals surface area contributed by atoms with Crippen LogP contribution in [0.1, 0.15) is 38.1 Å². The van der Waals surface area contributed by atoms with Crippen molar-refractivity contribution in [3.8, 4) is 10.4 Å². The van der Waals surface area contributed by atoms with Gasteiger partial charge in [0.1, 0.15) is 9.83 Å². The van der Waals surface area contributed by atoms with Gasteiger partial charge in [0.05, 0.1) is 35.3 Å². The predicted octanol–water partition coefficient (Wildman–Crippen LogP) is 5.97. The molecule has 0 fully saturated rings. The zero-order chi connectivity index (χ0) is 25.9. The Kier molecular flexibility index (Phi) is 6.98. The molecule has 0 unspecified atom stereocenters. The quantitative estimate of drug-likeness (QED) is 0.262. The summed E-state index contributed by atoms with van der Waals surface area (Å²) in [6.45, 7) is 4.09. The van der Waals surface area contributed by atoms with Gasteiger partial charge in [0.2, 0.25) is 0 Å². The summed E-state index contributed by atoms with van der Waals surface area (Å²) in [6, 6.07) is 21.0. The van der Waals surface area contributed by atoms with Gasteiger partial charge in [-0.25, -0.2) is 9.78 Å². The Balaban J connectivity index is 1.49. The lowest BCUT2D eigenvalue weighted by Crippen LogP contribution is -2.21. The molecule has 3 heterocycles. The highest BCUT2D eigenvalue weighted by molar-refractivity contribution is 7.21. The number of anilines is 1. The van der Waals surface area contributed by atoms with Crippen LogP contribution in [0.3, 0.4) is 0 Å². The Morgan fingerprint density at radius 1 is 1.03 bits per heavy atom. The highest BCUT2D eigenvalue weighted by Gasteiger charge is 2.24. The van der Waals surface area contributed by atoms with Gasteiger partial charge in [-0.2, -0.15) is 0 Å². The van der Waals surface area contributed by atoms with Gasteiger partial charge in [-0.15, -0.1) is 22.7 Å². The number of nitrogens with zero attached hydrogens (tertiary/aromatic N) is 2. The van der Waals surface area contributed by atoms with Crippen LogP contribution in [0.15, 0.2) is 77.9 Å². The summed E-state index contributed by atoms with van der Waals surface area (Å²) < 4.78 is 6.76. The molecular formula is C28H23N3O4S2. The number of thiophene rings is 2. The molecular weight excluding hydrogens is 506 g/mol. The molecule has 0 saturated carbocycles. The molecule has 0 aliphatic rings. The van der Waals surface area contributed by atoms with E-state index in [0.717, 1.165) is 27.3 Å². The first-order chi connectivity index (χ1) is 18.0. The fourth-order valence-corrected chi connectivity index (χ4v) is 6.10. The second-order valence-corrected chi connectivity index (χ2v) is 10.3. The zero-order valence-electron chi connectivity index (χ0n) is 20.2. The van der Waals surface area contributed by atoms with Crippen molar-refractivity contribution in [1.82, 2.24) is 9.55 Å². The summed E-state index contributed by atoms with van der Waals surface area (Å²) in [5, 5.41) is 3.71. The van der Waals surface area contributed by atoms with Gasteiger partial charge in [0, 0.05) is 4.88 Å². The number of carbonyl (C=O) groups is 2. The van der Waals surface area contributed by atoms with E-state index in [2.05, 4.69) is 10.3 Å². The zero-order valence-corrected chi connectivity index (χ0v) is 21.8. The molecule has 186 valence electrons. The van der Waals surface area contributed by atoms with E-state index in [-0.39, 0.29) is 12.2 Å². The van der Waals surface area contributed by atoms with Crippen molar-refractivity contribution in [2.45, 2.75) is 20.4 Å². The summed E-state index contributed by atoms with van der Waals surface area (Å²) in [4.78, 5) is 45.5. The van der Waals surface area contributed by atoms with E-state index in [0.29, 0.717) is 37.8 Å². The van der Waals surface area contributed by atoms with Crippen LogP contribution in [0.25, 0.3) is 20.7 Å². The molecule has 0 spiro atoms. The van der Waals surface area contributed by atoms with Crippen LogP contribution in [0.5, 0.6) is 0 Å². The molecule has 1 amide bonds. The number of aryl methyl sites for hydroxylation is 1. The standard InChI is InChI=1S/C28H23N3O4S2/c1-3-35-28(34)20-14-21(19-12-8-5-9-13-19)36-25(20)30-24(32)23-17(2)22-26(37-23)29-16-31(27(22)33)15-18-10-6-4-7-11-18/h4-14,16H,3,15H2,1-2H3,(H,30,32). The van der Waals surface area contributed by atoms with E-state index < -0.39 is 11.9 Å². The van der Waals surface area contributed by atoms with Crippen molar-refractivity contribution in [2.24, 2.45) is 0 Å². The Morgan fingerprint density at radius 2 is 1.73 bits per heavy atom. The average Bonchev–Trinajstić information content (AvgIpc) is 3.48. The van der Waals surface area contributed by atoms with E-state index in [9.17, 15) is 14.4 Å². The lowest BCUT2D eigenvalue weighted by atomic mass is 10.1. The Bertz CT molecular complexity index is 1650. The number of ether oxygens (including phenoxy) is 1. The first-order valence-corrected chi connectivity index (χ1v) is 13.3. The van der Waals surface area contributed by atoms with E-state index in [4.69, 9.17) is 4.74 Å². The minimum atomic E-state index is -0.505. The van der Waals surface area contributed by atoms with E-state index >= 15 is 0 Å². The monoisotopic (exact) mass is 529 g/mol. The molecule has 9 heteroatoms. The summed E-state index contributed by atoms with van der Waals surface area (Å²) in [6.07, 6.45) is 1.51. The highest BCUT2D eigenvalue weighted by Crippen LogP contribution is 2.37. The first-order valence-electron chi connectivity index (χ1n) is 11.7. The predicted molar refractivity (Wildman–Crippen MR) is 148 cm³/mol. The van der Waals surface area contributed by atoms with Crippen LogP contribution in [0.4, 0.5) is 5.00 Å². The van der Waals surface area contributed by atoms with Crippen molar-refractivity contribution in [3.05, 3.63) is 105 Å². The molecule has 3 aromatic heterocycles. The third kappa shape index (κ3) is 4.96. The van der Waals surface area contributed by atoms with Gasteiger partial charge >= 0.3 is 5.97 Å². The maximum atomic E-state index is 13.4. The van der Waals surface area contributed by atoms with Crippen molar-refractivity contribution in [3.63, 3.8) is 0 Å². The van der Waals surface area contributed by atoms with Crippen LogP contribution in [0.2, 0.25) is 0 Å². The lowest BCUT2D eigenvalue weighted by molar-refractivity contribution is 0.0528. The molecule has 0 atom stereocenters. The first kappa shape index (κ1) is 24.6. The molecule has 0 bridgehead atoms. The second-order valence-electron chi connectivity index (χ2n) is 8.29. The number of fused-ring (bicyclic) bond motifs is 1. The highest BCUT2D eigenvalue weighted by atomic mass is 32.1. The molecule has 5 rings (SSSR count). The van der Waals surface area contributed by atoms with Crippen LogP contribution >= 0.6 is 22.7 Å². The molecule has 0 saturated heterocycles. The molecule has 0 radical (unpaired) electrons. The maximum Gasteiger partial charge on any atom is 0.341 e. The number of amides is 1. The Morgan fingerprint density at radius 3 is 2.43 bits per heavy atom. The third-order valence-corrected chi connectivity index (χ3v) is 8.13. The average molecular weight is 530 g/mol. The van der Waals surface area contributed by atoms with E-state index in [1.54, 1.807) is 24.5 Å². The summed E-state index contributed by atoms with van der Waals surface area (Å²) in [5.41, 5.74) is 2.57. The van der Waals surface area contributed by atoms with Crippen LogP contribution < -0.4 is 10.9 Å². The maximum absolute atomic E-state index is 13.4. The molecule has 0 aliphatic carbocycles. The minimum absolute atomic E-state index is 0.198. The normalized spacial score (nSPS) is 11.0. The minimum Gasteiger partial charge on any atom is -0.462 e. The van der Waals surface area contributed by atoms with Crippen molar-refractivity contribution < 1.29 is 14.3 Å². The number of nitrogens with one attached hydrogen (secondary N) is 1. The molecule has 0 aliphatic heterocycles. The number of hydrogen-bond acceptors (Lipinski definition) is 7. The van der Waals surface area contributed by atoms with Gasteiger partial charge in [0.15, 0.2) is 0 Å². The number of aromatic nitrogens is 2. The largest absolute Gasteiger partial charge is 0.462 e. The van der Waals surface area contributed by atoms with Crippen molar-refractivity contribution in [1.29, 1.82) is 0 Å². The topological polar surface area (TPSA) is 90.3 Å². The molecule has 1 N–H and O–H groups in total. The van der Waals surface area contributed by atoms with Crippen molar-refractivity contribution in [2.75, 3.05) is 11.9 Å². The lowest BCUT2D eigenvalue weighted by Gasteiger charge is -2.06. The third-order valence-electron chi connectivity index (χ3n) is 5.83. The molecule has 37 heavy (non-hydrogen) atoms. The van der Waals surface area contributed by atoms with Gasteiger partial charge in [-0.3, -0.25) is 14.2 Å². The Labute approximate surface area is 221 Å². The van der Waals surface area contributed by atoms with Gasteiger partial charge in [-0.05, 0) is 36.6 Å². The number of benzene rings is 2. The molecule has 7 nitrogen and oxygen atoms in total. The summed E-state index contributed by atoms with van der Waals surface area (Å²) in [5.74, 6) is -0.906. The molecule has 5 aromatic rings. The summed E-state index contributed by atoms with van der Waals surface area (Å²) >= 11 is 2.46. The fourth-order valence-electron chi connectivity index (χ4n) is 4.02. The van der Waals surface area contributed by atoms with E-state index in [1.807, 2.05) is 60.7 Å². The van der Waals surface area contributed by atoms with Gasteiger partial charge < -0.3 is 10.1 Å². The van der Waals surface area contributed by atoms with Gasteiger partial charge in [-0.1, -0.05) is 60.7 Å². The number of rotatable bonds is 7. The number of esters is 1. The van der Waals surface area contributed by atoms with Crippen molar-refractivity contribution >= 4 is 49.8 Å². The fraction of sp³-hybridized carbons (Fsp3) is 0.143.